The Labute approximate surface area is 486 Å². The van der Waals surface area contributed by atoms with Crippen molar-refractivity contribution in [3.05, 3.63) is 12.2 Å². The average Bonchev–Trinajstić information content (AvgIpc) is 3.40. The number of hydrogen-bond acceptors (Lipinski definition) is 7. The van der Waals surface area contributed by atoms with Gasteiger partial charge in [-0.05, 0) is 31.8 Å². The number of quaternary nitrogens is 1. The van der Waals surface area contributed by atoms with E-state index < -0.39 is 20.0 Å². The van der Waals surface area contributed by atoms with Crippen molar-refractivity contribution in [1.29, 1.82) is 0 Å². The minimum absolute atomic E-state index is 0.0167. The molecule has 3 unspecified atom stereocenters. The number of hydrogen-bond donors (Lipinski definition) is 1. The summed E-state index contributed by atoms with van der Waals surface area (Å²) < 4.78 is 30.4. The van der Waals surface area contributed by atoms with Gasteiger partial charge >= 0.3 is 5.97 Å². The van der Waals surface area contributed by atoms with E-state index in [2.05, 4.69) is 26.1 Å². The van der Waals surface area contributed by atoms with E-state index in [0.717, 1.165) is 57.8 Å². The predicted molar refractivity (Wildman–Crippen MR) is 335 cm³/mol. The molecule has 1 N–H and O–H groups in total. The Morgan fingerprint density at radius 3 is 1.05 bits per heavy atom. The lowest BCUT2D eigenvalue weighted by molar-refractivity contribution is -0.870. The molecule has 78 heavy (non-hydrogen) atoms. The Morgan fingerprint density at radius 1 is 0.436 bits per heavy atom. The average molecular weight is 1120 g/mol. The highest BCUT2D eigenvalue weighted by Crippen LogP contribution is 2.38. The van der Waals surface area contributed by atoms with E-state index in [4.69, 9.17) is 13.8 Å². The number of ether oxygens (including phenoxy) is 1. The quantitative estimate of drug-likeness (QED) is 0.0212. The van der Waals surface area contributed by atoms with E-state index in [1.54, 1.807) is 0 Å². The Hall–Kier alpha value is -1.25. The summed E-state index contributed by atoms with van der Waals surface area (Å²) in [4.78, 5) is 40.0. The van der Waals surface area contributed by atoms with Crippen LogP contribution in [0, 0.1) is 0 Å². The summed E-state index contributed by atoms with van der Waals surface area (Å²) in [7, 11) is 1.21. The number of nitrogens with one attached hydrogen (secondary N) is 1. The van der Waals surface area contributed by atoms with Crippen LogP contribution in [0.2, 0.25) is 0 Å². The number of unbranched alkanes of at least 4 members (excludes halogenated alkanes) is 48. The summed E-state index contributed by atoms with van der Waals surface area (Å²) in [6.07, 6.45) is 69.2. The molecular weight excluding hydrogens is 988 g/mol. The lowest BCUT2D eigenvalue weighted by atomic mass is 10.0. The first kappa shape index (κ1) is 76.8. The number of carbonyl (C=O) groups excluding carboxylic acids is 2. The van der Waals surface area contributed by atoms with Gasteiger partial charge in [-0.3, -0.25) is 14.2 Å². The third-order valence-electron chi connectivity index (χ3n) is 16.0. The highest BCUT2D eigenvalue weighted by molar-refractivity contribution is 7.45. The maximum absolute atomic E-state index is 13.6. The smallest absolute Gasteiger partial charge is 0.306 e. The van der Waals surface area contributed by atoms with Gasteiger partial charge in [-0.25, -0.2) is 0 Å². The molecule has 0 radical (unpaired) electrons. The monoisotopic (exact) mass is 1120 g/mol. The normalized spacial score (nSPS) is 13.6. The first-order chi connectivity index (χ1) is 37.9. The summed E-state index contributed by atoms with van der Waals surface area (Å²) in [6, 6.07) is -0.879. The maximum Gasteiger partial charge on any atom is 0.306 e. The Kier molecular flexibility index (Phi) is 58.0. The first-order valence-corrected chi connectivity index (χ1v) is 36.0. The van der Waals surface area contributed by atoms with Crippen LogP contribution in [0.1, 0.15) is 361 Å². The molecule has 0 saturated heterocycles. The zero-order valence-electron chi connectivity index (χ0n) is 53.2. The number of carbonyl (C=O) groups is 2. The minimum atomic E-state index is -4.69. The van der Waals surface area contributed by atoms with E-state index in [-0.39, 0.29) is 31.5 Å². The summed E-state index contributed by atoms with van der Waals surface area (Å²) in [6.45, 7) is 6.90. The minimum Gasteiger partial charge on any atom is -0.756 e. The first-order valence-electron chi connectivity index (χ1n) is 34.5. The van der Waals surface area contributed by atoms with Gasteiger partial charge in [0.25, 0.3) is 7.82 Å². The second-order valence-electron chi connectivity index (χ2n) is 25.1. The fraction of sp³-hybridized carbons (Fsp3) is 0.941. The zero-order valence-corrected chi connectivity index (χ0v) is 54.1. The third-order valence-corrected chi connectivity index (χ3v) is 16.9. The summed E-state index contributed by atoms with van der Waals surface area (Å²) in [5.41, 5.74) is 0. The number of rotatable bonds is 64. The van der Waals surface area contributed by atoms with Gasteiger partial charge in [-0.15, -0.1) is 0 Å². The van der Waals surface area contributed by atoms with Gasteiger partial charge in [0.2, 0.25) is 5.91 Å². The van der Waals surface area contributed by atoms with Gasteiger partial charge in [0.1, 0.15) is 19.3 Å². The van der Waals surface area contributed by atoms with E-state index in [1.807, 2.05) is 33.3 Å². The fourth-order valence-electron chi connectivity index (χ4n) is 10.6. The van der Waals surface area contributed by atoms with Crippen molar-refractivity contribution in [3.8, 4) is 0 Å². The molecule has 0 rings (SSSR count). The molecule has 9 nitrogen and oxygen atoms in total. The largest absolute Gasteiger partial charge is 0.756 e. The number of phosphoric acid groups is 1. The number of esters is 1. The molecule has 0 aromatic carbocycles. The summed E-state index contributed by atoms with van der Waals surface area (Å²) >= 11 is 0. The van der Waals surface area contributed by atoms with Crippen molar-refractivity contribution in [2.75, 3.05) is 40.9 Å². The van der Waals surface area contributed by atoms with Crippen molar-refractivity contribution < 1.29 is 37.3 Å². The number of nitrogens with zero attached hydrogens (tertiary/aromatic N) is 1. The van der Waals surface area contributed by atoms with Crippen LogP contribution < -0.4 is 10.2 Å². The van der Waals surface area contributed by atoms with E-state index >= 15 is 0 Å². The van der Waals surface area contributed by atoms with Gasteiger partial charge in [0, 0.05) is 12.8 Å². The highest BCUT2D eigenvalue weighted by atomic mass is 31.2. The molecule has 0 aliphatic rings. The Bertz CT molecular complexity index is 1340. The van der Waals surface area contributed by atoms with Crippen LogP contribution in [0.25, 0.3) is 0 Å². The molecule has 0 bridgehead atoms. The van der Waals surface area contributed by atoms with E-state index in [0.29, 0.717) is 17.4 Å². The number of likely N-dealkylation sites (N-methyl/N-ethyl adjacent to an activating group) is 1. The lowest BCUT2D eigenvalue weighted by Crippen LogP contribution is -2.47. The third kappa shape index (κ3) is 59.4. The standard InChI is InChI=1S/C68H135N2O7P/c1-7-10-13-16-19-22-25-27-29-30-31-32-33-34-35-36-37-38-39-40-41-42-45-48-51-54-57-60-67(71)69-65(64-76-78(73,74)75-63-62-70(4,5)6)66(59-56-53-50-47-44-24-21-18-15-12-9-3)77-68(72)61-58-55-52-49-46-43-28-26-23-20-17-14-11-8-2/h56,59,65-66H,7-55,57-58,60-64H2,1-6H3,(H-,69,71,73,74)/b59-56-. The predicted octanol–water partition coefficient (Wildman–Crippen LogP) is 20.9. The van der Waals surface area contributed by atoms with Crippen LogP contribution in [0.4, 0.5) is 0 Å². The van der Waals surface area contributed by atoms with Gasteiger partial charge in [-0.2, -0.15) is 0 Å². The number of phosphoric ester groups is 1. The van der Waals surface area contributed by atoms with E-state index in [9.17, 15) is 19.0 Å². The molecular formula is C68H135N2O7P. The molecule has 0 fully saturated rings. The summed E-state index contributed by atoms with van der Waals surface area (Å²) in [5.74, 6) is -0.517. The van der Waals surface area contributed by atoms with Crippen LogP contribution in [0.15, 0.2) is 12.2 Å². The van der Waals surface area contributed by atoms with Crippen LogP contribution in [0.3, 0.4) is 0 Å². The Balaban J connectivity index is 4.90. The van der Waals surface area contributed by atoms with Crippen molar-refractivity contribution in [3.63, 3.8) is 0 Å². The molecule has 0 saturated carbocycles. The second kappa shape index (κ2) is 58.9. The zero-order chi connectivity index (χ0) is 57.2. The van der Waals surface area contributed by atoms with Crippen molar-refractivity contribution in [1.82, 2.24) is 5.32 Å². The van der Waals surface area contributed by atoms with Crippen molar-refractivity contribution in [2.45, 2.75) is 373 Å². The molecule has 1 amide bonds. The molecule has 0 aliphatic heterocycles. The van der Waals surface area contributed by atoms with Gasteiger partial charge in [-0.1, -0.05) is 329 Å². The van der Waals surface area contributed by atoms with Gasteiger partial charge in [0.05, 0.1) is 33.8 Å². The van der Waals surface area contributed by atoms with Gasteiger partial charge < -0.3 is 28.5 Å². The van der Waals surface area contributed by atoms with Crippen LogP contribution >= 0.6 is 7.82 Å². The lowest BCUT2D eigenvalue weighted by Gasteiger charge is -2.30. The second-order valence-corrected chi connectivity index (χ2v) is 26.5. The molecule has 0 aliphatic carbocycles. The van der Waals surface area contributed by atoms with Crippen LogP contribution in [0.5, 0.6) is 0 Å². The number of allylic oxidation sites excluding steroid dienone is 1. The SMILES string of the molecule is CCCCCCCCCCC/C=C\C(OC(=O)CCCCCCCCCCCCCCCC)C(COP(=O)([O-])OCC[N+](C)(C)C)NC(=O)CCCCCCCCCCCCCCCCCCCCCCCCCCCCC. The molecule has 0 aromatic heterocycles. The molecule has 10 heteroatoms. The molecule has 0 heterocycles. The van der Waals surface area contributed by atoms with Crippen molar-refractivity contribution in [2.24, 2.45) is 0 Å². The maximum atomic E-state index is 13.6. The number of amides is 1. The molecule has 0 aromatic rings. The van der Waals surface area contributed by atoms with E-state index in [1.165, 1.54) is 270 Å². The van der Waals surface area contributed by atoms with Crippen LogP contribution in [-0.4, -0.2) is 69.4 Å². The fourth-order valence-corrected chi connectivity index (χ4v) is 11.4. The highest BCUT2D eigenvalue weighted by Gasteiger charge is 2.27. The summed E-state index contributed by atoms with van der Waals surface area (Å²) in [5, 5.41) is 3.04. The molecule has 3 atom stereocenters. The Morgan fingerprint density at radius 2 is 0.731 bits per heavy atom. The molecule has 0 spiro atoms. The van der Waals surface area contributed by atoms with Crippen LogP contribution in [-0.2, 0) is 27.9 Å². The molecule has 464 valence electrons. The topological polar surface area (TPSA) is 114 Å². The van der Waals surface area contributed by atoms with Gasteiger partial charge in [0.15, 0.2) is 0 Å². The van der Waals surface area contributed by atoms with Crippen molar-refractivity contribution >= 4 is 19.7 Å².